The minimum absolute atomic E-state index is 0.0880. The highest BCUT2D eigenvalue weighted by Gasteiger charge is 2.14. The molecule has 0 fully saturated rings. The molecule has 0 heterocycles. The van der Waals surface area contributed by atoms with Crippen molar-refractivity contribution >= 4 is 23.4 Å². The largest absolute Gasteiger partial charge is 0.375 e. The highest BCUT2D eigenvalue weighted by molar-refractivity contribution is 7.99. The van der Waals surface area contributed by atoms with Gasteiger partial charge in [-0.05, 0) is 38.7 Å². The number of benzene rings is 1. The van der Waals surface area contributed by atoms with Crippen LogP contribution in [0.3, 0.4) is 0 Å². The van der Waals surface area contributed by atoms with Gasteiger partial charge in [-0.1, -0.05) is 13.0 Å². The van der Waals surface area contributed by atoms with Gasteiger partial charge in [0.05, 0.1) is 17.8 Å². The molecule has 0 spiro atoms. The van der Waals surface area contributed by atoms with Crippen molar-refractivity contribution < 1.29 is 4.79 Å². The fourth-order valence-electron chi connectivity index (χ4n) is 1.71. The lowest BCUT2D eigenvalue weighted by Gasteiger charge is -2.21. The van der Waals surface area contributed by atoms with Crippen LogP contribution < -0.4 is 10.6 Å². The van der Waals surface area contributed by atoms with Crippen molar-refractivity contribution in [1.29, 1.82) is 5.26 Å². The zero-order valence-corrected chi connectivity index (χ0v) is 13.2. The molecule has 0 aromatic heterocycles. The van der Waals surface area contributed by atoms with Crippen molar-refractivity contribution in [3.05, 3.63) is 23.8 Å². The van der Waals surface area contributed by atoms with Crippen LogP contribution >= 0.6 is 11.8 Å². The van der Waals surface area contributed by atoms with Gasteiger partial charge in [-0.15, -0.1) is 11.8 Å². The van der Waals surface area contributed by atoms with Gasteiger partial charge in [-0.25, -0.2) is 0 Å². The molecule has 0 atom stereocenters. The Morgan fingerprint density at radius 2 is 2.10 bits per heavy atom. The second-order valence-corrected chi connectivity index (χ2v) is 6.68. The normalized spacial score (nSPS) is 10.8. The first kappa shape index (κ1) is 16.4. The maximum atomic E-state index is 11.8. The third-order valence-electron chi connectivity index (χ3n) is 2.39. The SMILES string of the molecule is CCSc1cccc(NCC(=O)NC(C)(C)C)c1C#N. The third-order valence-corrected chi connectivity index (χ3v) is 3.33. The van der Waals surface area contributed by atoms with Crippen LogP contribution in [-0.4, -0.2) is 23.7 Å². The summed E-state index contributed by atoms with van der Waals surface area (Å²) in [5.74, 6) is 0.817. The van der Waals surface area contributed by atoms with E-state index in [1.807, 2.05) is 45.9 Å². The summed E-state index contributed by atoms with van der Waals surface area (Å²) in [4.78, 5) is 12.7. The molecule has 0 radical (unpaired) electrons. The number of amides is 1. The van der Waals surface area contributed by atoms with Crippen LogP contribution in [0.15, 0.2) is 23.1 Å². The van der Waals surface area contributed by atoms with E-state index in [1.165, 1.54) is 0 Å². The molecule has 0 unspecified atom stereocenters. The van der Waals surface area contributed by atoms with Crippen LogP contribution in [0.2, 0.25) is 0 Å². The van der Waals surface area contributed by atoms with Gasteiger partial charge in [0.15, 0.2) is 0 Å². The summed E-state index contributed by atoms with van der Waals surface area (Å²) in [6.07, 6.45) is 0. The number of rotatable bonds is 5. The summed E-state index contributed by atoms with van der Waals surface area (Å²) in [5, 5.41) is 15.2. The second kappa shape index (κ2) is 7.20. The number of nitrogens with one attached hydrogen (secondary N) is 2. The second-order valence-electron chi connectivity index (χ2n) is 5.38. The minimum atomic E-state index is -0.253. The van der Waals surface area contributed by atoms with Gasteiger partial charge in [-0.2, -0.15) is 5.26 Å². The van der Waals surface area contributed by atoms with Crippen LogP contribution in [-0.2, 0) is 4.79 Å². The predicted molar refractivity (Wildman–Crippen MR) is 83.9 cm³/mol. The number of anilines is 1. The molecular weight excluding hydrogens is 270 g/mol. The molecule has 0 aliphatic rings. The Balaban J connectivity index is 2.76. The van der Waals surface area contributed by atoms with Crippen molar-refractivity contribution in [2.45, 2.75) is 38.1 Å². The number of nitriles is 1. The number of hydrogen-bond donors (Lipinski definition) is 2. The zero-order valence-electron chi connectivity index (χ0n) is 12.4. The number of thioether (sulfide) groups is 1. The lowest BCUT2D eigenvalue weighted by Crippen LogP contribution is -2.43. The zero-order chi connectivity index (χ0) is 15.2. The van der Waals surface area contributed by atoms with E-state index in [4.69, 9.17) is 0 Å². The van der Waals surface area contributed by atoms with Crippen LogP contribution in [0, 0.1) is 11.3 Å². The molecule has 0 aliphatic carbocycles. The molecule has 1 amide bonds. The van der Waals surface area contributed by atoms with Gasteiger partial charge in [0.2, 0.25) is 5.91 Å². The smallest absolute Gasteiger partial charge is 0.239 e. The summed E-state index contributed by atoms with van der Waals surface area (Å²) in [5.41, 5.74) is 1.05. The Hall–Kier alpha value is -1.67. The Morgan fingerprint density at radius 3 is 2.65 bits per heavy atom. The first-order chi connectivity index (χ1) is 9.37. The number of hydrogen-bond acceptors (Lipinski definition) is 4. The molecule has 0 saturated carbocycles. The molecule has 1 aromatic carbocycles. The van der Waals surface area contributed by atoms with Crippen molar-refractivity contribution in [1.82, 2.24) is 5.32 Å². The summed E-state index contributed by atoms with van der Waals surface area (Å²) < 4.78 is 0. The van der Waals surface area contributed by atoms with Crippen molar-refractivity contribution in [2.75, 3.05) is 17.6 Å². The average molecular weight is 291 g/mol. The molecular formula is C15H21N3OS. The molecule has 5 heteroatoms. The maximum absolute atomic E-state index is 11.8. The van der Waals surface area contributed by atoms with Gasteiger partial charge in [0, 0.05) is 10.4 Å². The van der Waals surface area contributed by atoms with E-state index < -0.39 is 0 Å². The molecule has 20 heavy (non-hydrogen) atoms. The maximum Gasteiger partial charge on any atom is 0.239 e. The summed E-state index contributed by atoms with van der Waals surface area (Å²) >= 11 is 1.62. The van der Waals surface area contributed by atoms with Crippen LogP contribution in [0.1, 0.15) is 33.3 Å². The minimum Gasteiger partial charge on any atom is -0.375 e. The van der Waals surface area contributed by atoms with Gasteiger partial charge in [-0.3, -0.25) is 4.79 Å². The summed E-state index contributed by atoms with van der Waals surface area (Å²) in [6, 6.07) is 7.84. The predicted octanol–water partition coefficient (Wildman–Crippen LogP) is 3.00. The Morgan fingerprint density at radius 1 is 1.40 bits per heavy atom. The molecule has 1 aromatic rings. The molecule has 0 aliphatic heterocycles. The summed E-state index contributed by atoms with van der Waals surface area (Å²) in [6.45, 7) is 8.01. The fourth-order valence-corrected chi connectivity index (χ4v) is 2.49. The molecule has 2 N–H and O–H groups in total. The quantitative estimate of drug-likeness (QED) is 0.819. The Kier molecular flexibility index (Phi) is 5.90. The topological polar surface area (TPSA) is 64.9 Å². The van der Waals surface area contributed by atoms with E-state index in [1.54, 1.807) is 11.8 Å². The standard InChI is InChI=1S/C15H21N3OS/c1-5-20-13-8-6-7-12(11(13)9-16)17-10-14(19)18-15(2,3)4/h6-8,17H,5,10H2,1-4H3,(H,18,19). The Labute approximate surface area is 124 Å². The van der Waals surface area contributed by atoms with Crippen LogP contribution in [0.5, 0.6) is 0 Å². The number of carbonyl (C=O) groups is 1. The van der Waals surface area contributed by atoms with Gasteiger partial charge in [0.1, 0.15) is 6.07 Å². The van der Waals surface area contributed by atoms with Gasteiger partial charge < -0.3 is 10.6 Å². The van der Waals surface area contributed by atoms with E-state index in [9.17, 15) is 10.1 Å². The molecule has 1 rings (SSSR count). The number of carbonyl (C=O) groups excluding carboxylic acids is 1. The lowest BCUT2D eigenvalue weighted by atomic mass is 10.1. The molecule has 0 saturated heterocycles. The van der Waals surface area contributed by atoms with Gasteiger partial charge in [0.25, 0.3) is 0 Å². The van der Waals surface area contributed by atoms with Gasteiger partial charge >= 0.3 is 0 Å². The van der Waals surface area contributed by atoms with E-state index in [0.29, 0.717) is 11.3 Å². The first-order valence-corrected chi connectivity index (χ1v) is 7.56. The molecule has 108 valence electrons. The molecule has 0 bridgehead atoms. The highest BCUT2D eigenvalue weighted by Crippen LogP contribution is 2.27. The van der Waals surface area contributed by atoms with Crippen molar-refractivity contribution in [3.63, 3.8) is 0 Å². The average Bonchev–Trinajstić information content (AvgIpc) is 2.35. The van der Waals surface area contributed by atoms with E-state index in [2.05, 4.69) is 16.7 Å². The van der Waals surface area contributed by atoms with Crippen molar-refractivity contribution in [2.24, 2.45) is 0 Å². The summed E-state index contributed by atoms with van der Waals surface area (Å²) in [7, 11) is 0. The van der Waals surface area contributed by atoms with E-state index in [-0.39, 0.29) is 18.0 Å². The first-order valence-electron chi connectivity index (χ1n) is 6.58. The van der Waals surface area contributed by atoms with E-state index in [0.717, 1.165) is 10.6 Å². The number of nitrogens with zero attached hydrogens (tertiary/aromatic N) is 1. The molecule has 4 nitrogen and oxygen atoms in total. The van der Waals surface area contributed by atoms with Crippen molar-refractivity contribution in [3.8, 4) is 6.07 Å². The lowest BCUT2D eigenvalue weighted by molar-refractivity contribution is -0.120. The van der Waals surface area contributed by atoms with Crippen LogP contribution in [0.25, 0.3) is 0 Å². The fraction of sp³-hybridized carbons (Fsp3) is 0.467. The third kappa shape index (κ3) is 5.14. The van der Waals surface area contributed by atoms with Crippen LogP contribution in [0.4, 0.5) is 5.69 Å². The van der Waals surface area contributed by atoms with E-state index >= 15 is 0 Å². The Bertz CT molecular complexity index is 515. The monoisotopic (exact) mass is 291 g/mol. The highest BCUT2D eigenvalue weighted by atomic mass is 32.2.